The van der Waals surface area contributed by atoms with E-state index in [4.69, 9.17) is 27.6 Å². The van der Waals surface area contributed by atoms with Gasteiger partial charge < -0.3 is 11.1 Å². The quantitative estimate of drug-likeness (QED) is 0.470. The van der Waals surface area contributed by atoms with Gasteiger partial charge in [0.1, 0.15) is 5.82 Å². The molecule has 3 N–H and O–H groups in total. The average molecular weight is 469 g/mol. The van der Waals surface area contributed by atoms with Crippen molar-refractivity contribution in [3.63, 3.8) is 0 Å². The molecule has 5 rings (SSSR count). The molecule has 6 nitrogen and oxygen atoms in total. The monoisotopic (exact) mass is 468 g/mol. The van der Waals surface area contributed by atoms with Gasteiger partial charge >= 0.3 is 0 Å². The van der Waals surface area contributed by atoms with Crippen LogP contribution in [0.1, 0.15) is 42.9 Å². The number of nitriles is 2. The van der Waals surface area contributed by atoms with E-state index in [1.165, 1.54) is 0 Å². The summed E-state index contributed by atoms with van der Waals surface area (Å²) in [6, 6.07) is 12.4. The summed E-state index contributed by atoms with van der Waals surface area (Å²) in [7, 11) is 0. The van der Waals surface area contributed by atoms with Gasteiger partial charge in [-0.2, -0.15) is 10.5 Å². The maximum Gasteiger partial charge on any atom is 0.131 e. The van der Waals surface area contributed by atoms with Crippen LogP contribution in [0.2, 0.25) is 5.02 Å². The second kappa shape index (κ2) is 8.01. The smallest absolute Gasteiger partial charge is 0.131 e. The lowest BCUT2D eigenvalue weighted by molar-refractivity contribution is 0.404. The summed E-state index contributed by atoms with van der Waals surface area (Å²) >= 11 is 7.09. The number of halogens is 1. The molecule has 1 aliphatic heterocycles. The zero-order valence-electron chi connectivity index (χ0n) is 19.2. The van der Waals surface area contributed by atoms with Gasteiger partial charge in [0.25, 0.3) is 0 Å². The van der Waals surface area contributed by atoms with Crippen LogP contribution in [0.4, 0.5) is 11.5 Å². The Kier molecular flexibility index (Phi) is 5.23. The van der Waals surface area contributed by atoms with Crippen LogP contribution < -0.4 is 11.1 Å². The molecule has 7 heteroatoms. The van der Waals surface area contributed by atoms with Gasteiger partial charge in [0, 0.05) is 46.7 Å². The summed E-state index contributed by atoms with van der Waals surface area (Å²) in [6.07, 6.45) is 6.35. The molecule has 0 amide bonds. The van der Waals surface area contributed by atoms with E-state index in [1.54, 1.807) is 12.4 Å². The highest BCUT2D eigenvalue weighted by molar-refractivity contribution is 6.34. The van der Waals surface area contributed by atoms with Crippen LogP contribution in [-0.4, -0.2) is 16.5 Å². The van der Waals surface area contributed by atoms with Crippen LogP contribution in [0, 0.1) is 35.0 Å². The van der Waals surface area contributed by atoms with E-state index in [-0.39, 0.29) is 10.8 Å². The van der Waals surface area contributed by atoms with Crippen molar-refractivity contribution in [3.05, 3.63) is 58.4 Å². The van der Waals surface area contributed by atoms with Crippen molar-refractivity contribution in [1.82, 2.24) is 9.97 Å². The molecule has 3 aromatic rings. The third-order valence-corrected chi connectivity index (χ3v) is 7.81. The highest BCUT2D eigenvalue weighted by atomic mass is 35.5. The van der Waals surface area contributed by atoms with Crippen molar-refractivity contribution in [1.29, 1.82) is 10.5 Å². The number of pyridine rings is 2. The van der Waals surface area contributed by atoms with E-state index in [0.29, 0.717) is 17.1 Å². The Bertz CT molecular complexity index is 1400. The molecule has 2 atom stereocenters. The van der Waals surface area contributed by atoms with E-state index < -0.39 is 0 Å². The summed E-state index contributed by atoms with van der Waals surface area (Å²) in [5.74, 6) is 0.807. The number of benzene rings is 1. The van der Waals surface area contributed by atoms with Gasteiger partial charge in [0.05, 0.1) is 34.7 Å². The summed E-state index contributed by atoms with van der Waals surface area (Å²) in [6.45, 7) is 4.75. The van der Waals surface area contributed by atoms with Gasteiger partial charge in [0.15, 0.2) is 0 Å². The third-order valence-electron chi connectivity index (χ3n) is 7.42. The Hall–Kier alpha value is -3.61. The first-order valence-electron chi connectivity index (χ1n) is 11.4. The van der Waals surface area contributed by atoms with Crippen molar-refractivity contribution in [3.8, 4) is 34.5 Å². The van der Waals surface area contributed by atoms with Gasteiger partial charge in [-0.1, -0.05) is 11.6 Å². The lowest BCUT2D eigenvalue weighted by Crippen LogP contribution is -2.27. The molecular formula is C27H25ClN6. The molecule has 1 fully saturated rings. The maximum absolute atomic E-state index is 9.71. The molecule has 0 bridgehead atoms. The molecule has 34 heavy (non-hydrogen) atoms. The molecule has 0 saturated heterocycles. The minimum atomic E-state index is -0.357. The highest BCUT2D eigenvalue weighted by Crippen LogP contribution is 2.57. The van der Waals surface area contributed by atoms with Crippen LogP contribution in [0.15, 0.2) is 36.7 Å². The minimum absolute atomic E-state index is 0.188. The van der Waals surface area contributed by atoms with Crippen molar-refractivity contribution < 1.29 is 0 Å². The zero-order valence-corrected chi connectivity index (χ0v) is 20.0. The summed E-state index contributed by atoms with van der Waals surface area (Å²) in [5.41, 5.74) is 12.6. The number of nitrogen functional groups attached to an aromatic ring is 1. The molecular weight excluding hydrogens is 444 g/mol. The molecule has 2 aliphatic rings. The Balaban J connectivity index is 1.62. The molecule has 1 spiro atoms. The zero-order chi connectivity index (χ0) is 24.1. The van der Waals surface area contributed by atoms with Gasteiger partial charge in [0.2, 0.25) is 0 Å². The fraction of sp³-hybridized carbons (Fsp3) is 0.333. The second-order valence-corrected chi connectivity index (χ2v) is 10.2. The second-order valence-electron chi connectivity index (χ2n) is 9.81. The number of hydrogen-bond donors (Lipinski definition) is 2. The molecule has 1 aliphatic carbocycles. The molecule has 0 unspecified atom stereocenters. The molecule has 0 radical (unpaired) electrons. The molecule has 170 valence electrons. The fourth-order valence-corrected chi connectivity index (χ4v) is 6.08. The van der Waals surface area contributed by atoms with Crippen molar-refractivity contribution >= 4 is 23.1 Å². The fourth-order valence-electron chi connectivity index (χ4n) is 5.64. The summed E-state index contributed by atoms with van der Waals surface area (Å²) in [5, 5.41) is 22.9. The van der Waals surface area contributed by atoms with Crippen LogP contribution in [-0.2, 0) is 11.8 Å². The summed E-state index contributed by atoms with van der Waals surface area (Å²) < 4.78 is 0. The van der Waals surface area contributed by atoms with E-state index in [1.807, 2.05) is 38.1 Å². The number of rotatable bonds is 3. The SMILES string of the molecule is Cc1c(CC#N)ccnc1-c1cc(N)cc(-c2cnc3c(c2Cl)[C@@]2(CC[C@@](C)(C#N)C2)CN3)c1. The highest BCUT2D eigenvalue weighted by Gasteiger charge is 2.52. The van der Waals surface area contributed by atoms with Crippen LogP contribution >= 0.6 is 11.6 Å². The van der Waals surface area contributed by atoms with Gasteiger partial charge in [-0.25, -0.2) is 4.98 Å². The van der Waals surface area contributed by atoms with E-state index in [0.717, 1.165) is 70.7 Å². The van der Waals surface area contributed by atoms with Gasteiger partial charge in [-0.3, -0.25) is 4.98 Å². The molecule has 1 saturated carbocycles. The predicted molar refractivity (Wildman–Crippen MR) is 134 cm³/mol. The molecule has 1 aromatic carbocycles. The Morgan fingerprint density at radius 1 is 1.18 bits per heavy atom. The number of nitrogens with one attached hydrogen (secondary N) is 1. The Morgan fingerprint density at radius 3 is 2.71 bits per heavy atom. The minimum Gasteiger partial charge on any atom is -0.399 e. The number of fused-ring (bicyclic) bond motifs is 2. The molecule has 2 aromatic heterocycles. The van der Waals surface area contributed by atoms with Crippen LogP contribution in [0.25, 0.3) is 22.4 Å². The van der Waals surface area contributed by atoms with Crippen molar-refractivity contribution in [2.24, 2.45) is 5.41 Å². The van der Waals surface area contributed by atoms with Crippen LogP contribution in [0.5, 0.6) is 0 Å². The number of anilines is 2. The van der Waals surface area contributed by atoms with Crippen LogP contribution in [0.3, 0.4) is 0 Å². The predicted octanol–water partition coefficient (Wildman–Crippen LogP) is 5.80. The van der Waals surface area contributed by atoms with Gasteiger partial charge in [-0.15, -0.1) is 0 Å². The van der Waals surface area contributed by atoms with Crippen molar-refractivity contribution in [2.45, 2.75) is 44.9 Å². The Labute approximate surface area is 204 Å². The van der Waals surface area contributed by atoms with E-state index >= 15 is 0 Å². The van der Waals surface area contributed by atoms with Crippen molar-refractivity contribution in [2.75, 3.05) is 17.6 Å². The first-order valence-corrected chi connectivity index (χ1v) is 11.7. The summed E-state index contributed by atoms with van der Waals surface area (Å²) in [4.78, 5) is 9.28. The number of aromatic nitrogens is 2. The molecule has 3 heterocycles. The normalized spacial score (nSPS) is 22.7. The lowest BCUT2D eigenvalue weighted by atomic mass is 9.77. The van der Waals surface area contributed by atoms with E-state index in [2.05, 4.69) is 22.4 Å². The van der Waals surface area contributed by atoms with Gasteiger partial charge in [-0.05, 0) is 74.1 Å². The standard InChI is InChI=1S/C27H25ClN6/c1-16-17(3-7-29)4-8-32-24(16)19-9-18(10-20(31)11-19)21-12-33-25-22(23(21)28)27(15-34-25)6-5-26(2,13-27)14-30/h4,8-12H,3,5-6,13,15,31H2,1-2H3,(H,33,34)/t26-,27-/m1/s1. The first kappa shape index (κ1) is 22.2. The maximum atomic E-state index is 9.71. The largest absolute Gasteiger partial charge is 0.399 e. The third kappa shape index (κ3) is 3.47. The number of nitrogens with zero attached hydrogens (tertiary/aromatic N) is 4. The Morgan fingerprint density at radius 2 is 1.97 bits per heavy atom. The first-order chi connectivity index (χ1) is 16.3. The number of nitrogens with two attached hydrogens (primary N) is 1. The number of hydrogen-bond acceptors (Lipinski definition) is 6. The topological polar surface area (TPSA) is 111 Å². The van der Waals surface area contributed by atoms with E-state index in [9.17, 15) is 5.26 Å². The average Bonchev–Trinajstić information content (AvgIpc) is 3.36. The lowest BCUT2D eigenvalue weighted by Gasteiger charge is -2.26.